The fraction of sp³-hybridized carbons (Fsp3) is 0.588. The number of ether oxygens (including phenoxy) is 1. The highest BCUT2D eigenvalue weighted by molar-refractivity contribution is 5.75. The summed E-state index contributed by atoms with van der Waals surface area (Å²) in [7, 11) is 1.48. The van der Waals surface area contributed by atoms with E-state index in [1.54, 1.807) is 0 Å². The van der Waals surface area contributed by atoms with Crippen LogP contribution in [-0.2, 0) is 16.1 Å². The minimum absolute atomic E-state index is 0.0751. The van der Waals surface area contributed by atoms with Crippen molar-refractivity contribution in [2.75, 3.05) is 13.7 Å². The van der Waals surface area contributed by atoms with Crippen LogP contribution in [0, 0.1) is 20.8 Å². The molecule has 0 N–H and O–H groups in total. The first-order valence-corrected chi connectivity index (χ1v) is 7.41. The van der Waals surface area contributed by atoms with Gasteiger partial charge in [-0.25, -0.2) is 0 Å². The number of hydrogen-bond donors (Lipinski definition) is 0. The Kier molecular flexibility index (Phi) is 4.81. The standard InChI is InChI=1S/C17H25NO2/c1-12-9-13(2)15(14(3)10-12)11-18-8-6-5-7-16(18)17(19)20-4/h9-10,16H,5-8,11H2,1-4H3. The number of hydrogen-bond acceptors (Lipinski definition) is 3. The molecule has 3 nitrogen and oxygen atoms in total. The molecule has 1 aliphatic rings. The normalized spacial score (nSPS) is 19.9. The van der Waals surface area contributed by atoms with Crippen LogP contribution in [-0.4, -0.2) is 30.6 Å². The number of piperidine rings is 1. The van der Waals surface area contributed by atoms with E-state index in [1.165, 1.54) is 29.4 Å². The van der Waals surface area contributed by atoms with Gasteiger partial charge in [-0.1, -0.05) is 24.1 Å². The topological polar surface area (TPSA) is 29.5 Å². The van der Waals surface area contributed by atoms with Crippen molar-refractivity contribution in [3.63, 3.8) is 0 Å². The van der Waals surface area contributed by atoms with Crippen molar-refractivity contribution >= 4 is 5.97 Å². The minimum Gasteiger partial charge on any atom is -0.468 e. The zero-order valence-corrected chi connectivity index (χ0v) is 13.0. The maximum Gasteiger partial charge on any atom is 0.323 e. The summed E-state index contributed by atoms with van der Waals surface area (Å²) in [6.07, 6.45) is 3.19. The lowest BCUT2D eigenvalue weighted by Crippen LogP contribution is -2.44. The zero-order valence-electron chi connectivity index (χ0n) is 13.0. The summed E-state index contributed by atoms with van der Waals surface area (Å²) in [6.45, 7) is 8.27. The molecular weight excluding hydrogens is 250 g/mol. The van der Waals surface area contributed by atoms with Crippen LogP contribution < -0.4 is 0 Å². The molecule has 1 unspecified atom stereocenters. The van der Waals surface area contributed by atoms with Crippen LogP contribution in [0.3, 0.4) is 0 Å². The second kappa shape index (κ2) is 6.40. The predicted octanol–water partition coefficient (Wildman–Crippen LogP) is 3.14. The van der Waals surface area contributed by atoms with Crippen molar-refractivity contribution in [2.45, 2.75) is 52.6 Å². The highest BCUT2D eigenvalue weighted by Gasteiger charge is 2.29. The van der Waals surface area contributed by atoms with Gasteiger partial charge in [0.15, 0.2) is 0 Å². The molecule has 0 bridgehead atoms. The van der Waals surface area contributed by atoms with Crippen molar-refractivity contribution in [3.05, 3.63) is 34.4 Å². The summed E-state index contributed by atoms with van der Waals surface area (Å²) in [5, 5.41) is 0. The Morgan fingerprint density at radius 2 is 1.90 bits per heavy atom. The smallest absolute Gasteiger partial charge is 0.323 e. The van der Waals surface area contributed by atoms with E-state index in [0.717, 1.165) is 32.4 Å². The Morgan fingerprint density at radius 1 is 1.25 bits per heavy atom. The number of carbonyl (C=O) groups excluding carboxylic acids is 1. The molecule has 0 aliphatic carbocycles. The fourth-order valence-corrected chi connectivity index (χ4v) is 3.25. The zero-order chi connectivity index (χ0) is 14.7. The molecule has 0 saturated carbocycles. The number of methoxy groups -OCH3 is 1. The average molecular weight is 275 g/mol. The third kappa shape index (κ3) is 3.21. The lowest BCUT2D eigenvalue weighted by atomic mass is 9.96. The van der Waals surface area contributed by atoms with Crippen molar-refractivity contribution < 1.29 is 9.53 Å². The van der Waals surface area contributed by atoms with Gasteiger partial charge in [0, 0.05) is 6.54 Å². The van der Waals surface area contributed by atoms with E-state index in [9.17, 15) is 4.79 Å². The molecule has 2 rings (SSSR count). The van der Waals surface area contributed by atoms with E-state index in [-0.39, 0.29) is 12.0 Å². The first kappa shape index (κ1) is 15.0. The molecule has 1 aromatic rings. The monoisotopic (exact) mass is 275 g/mol. The van der Waals surface area contributed by atoms with Crippen LogP contribution in [0.25, 0.3) is 0 Å². The Morgan fingerprint density at radius 3 is 2.50 bits per heavy atom. The average Bonchev–Trinajstić information content (AvgIpc) is 2.42. The maximum absolute atomic E-state index is 11.9. The summed E-state index contributed by atoms with van der Waals surface area (Å²) in [5.74, 6) is -0.0906. The van der Waals surface area contributed by atoms with Gasteiger partial charge >= 0.3 is 5.97 Å². The maximum atomic E-state index is 11.9. The highest BCUT2D eigenvalue weighted by Crippen LogP contribution is 2.24. The van der Waals surface area contributed by atoms with Crippen LogP contribution >= 0.6 is 0 Å². The van der Waals surface area contributed by atoms with Gasteiger partial charge in [-0.2, -0.15) is 0 Å². The lowest BCUT2D eigenvalue weighted by Gasteiger charge is -2.34. The Hall–Kier alpha value is -1.35. The van der Waals surface area contributed by atoms with Crippen molar-refractivity contribution in [2.24, 2.45) is 0 Å². The number of esters is 1. The number of likely N-dealkylation sites (tertiary alicyclic amines) is 1. The van der Waals surface area contributed by atoms with Crippen LogP contribution in [0.5, 0.6) is 0 Å². The Balaban J connectivity index is 2.21. The SMILES string of the molecule is COC(=O)C1CCCCN1Cc1c(C)cc(C)cc1C. The fourth-order valence-electron chi connectivity index (χ4n) is 3.25. The summed E-state index contributed by atoms with van der Waals surface area (Å²) < 4.78 is 4.96. The van der Waals surface area contributed by atoms with Gasteiger partial charge in [-0.15, -0.1) is 0 Å². The summed E-state index contributed by atoms with van der Waals surface area (Å²) in [4.78, 5) is 14.2. The second-order valence-electron chi connectivity index (χ2n) is 5.88. The van der Waals surface area contributed by atoms with E-state index >= 15 is 0 Å². The molecule has 0 radical (unpaired) electrons. The molecule has 1 atom stereocenters. The van der Waals surface area contributed by atoms with Crippen LogP contribution in [0.15, 0.2) is 12.1 Å². The molecule has 1 saturated heterocycles. The molecule has 0 spiro atoms. The molecule has 1 aliphatic heterocycles. The largest absolute Gasteiger partial charge is 0.468 e. The van der Waals surface area contributed by atoms with E-state index in [0.29, 0.717) is 0 Å². The van der Waals surface area contributed by atoms with Crippen LogP contribution in [0.2, 0.25) is 0 Å². The molecular formula is C17H25NO2. The molecule has 1 fully saturated rings. The summed E-state index contributed by atoms with van der Waals surface area (Å²) in [5.41, 5.74) is 5.28. The number of nitrogens with zero attached hydrogens (tertiary/aromatic N) is 1. The second-order valence-corrected chi connectivity index (χ2v) is 5.88. The minimum atomic E-state index is -0.0906. The predicted molar refractivity (Wildman–Crippen MR) is 80.7 cm³/mol. The quantitative estimate of drug-likeness (QED) is 0.794. The molecule has 1 heterocycles. The first-order valence-electron chi connectivity index (χ1n) is 7.41. The first-order chi connectivity index (χ1) is 9.52. The van der Waals surface area contributed by atoms with Gasteiger partial charge in [0.2, 0.25) is 0 Å². The number of aryl methyl sites for hydroxylation is 3. The van der Waals surface area contributed by atoms with Gasteiger partial charge in [0.25, 0.3) is 0 Å². The van der Waals surface area contributed by atoms with Gasteiger partial charge in [-0.05, 0) is 56.8 Å². The van der Waals surface area contributed by atoms with Crippen molar-refractivity contribution in [3.8, 4) is 0 Å². The van der Waals surface area contributed by atoms with Crippen LogP contribution in [0.1, 0.15) is 41.5 Å². The van der Waals surface area contributed by atoms with E-state index in [2.05, 4.69) is 37.8 Å². The van der Waals surface area contributed by atoms with E-state index in [4.69, 9.17) is 4.74 Å². The Labute approximate surface area is 121 Å². The van der Waals surface area contributed by atoms with Gasteiger partial charge < -0.3 is 4.74 Å². The van der Waals surface area contributed by atoms with Crippen molar-refractivity contribution in [1.82, 2.24) is 4.90 Å². The summed E-state index contributed by atoms with van der Waals surface area (Å²) in [6, 6.07) is 4.37. The highest BCUT2D eigenvalue weighted by atomic mass is 16.5. The third-order valence-electron chi connectivity index (χ3n) is 4.29. The van der Waals surface area contributed by atoms with Crippen LogP contribution in [0.4, 0.5) is 0 Å². The van der Waals surface area contributed by atoms with Gasteiger partial charge in [0.1, 0.15) is 6.04 Å². The molecule has 0 aromatic heterocycles. The number of rotatable bonds is 3. The van der Waals surface area contributed by atoms with E-state index in [1.807, 2.05) is 0 Å². The lowest BCUT2D eigenvalue weighted by molar-refractivity contribution is -0.148. The van der Waals surface area contributed by atoms with Gasteiger partial charge in [-0.3, -0.25) is 9.69 Å². The molecule has 20 heavy (non-hydrogen) atoms. The van der Waals surface area contributed by atoms with Gasteiger partial charge in [0.05, 0.1) is 7.11 Å². The third-order valence-corrected chi connectivity index (χ3v) is 4.29. The van der Waals surface area contributed by atoms with Crippen molar-refractivity contribution in [1.29, 1.82) is 0 Å². The summed E-state index contributed by atoms with van der Waals surface area (Å²) >= 11 is 0. The number of benzene rings is 1. The molecule has 0 amide bonds. The molecule has 3 heteroatoms. The van der Waals surface area contributed by atoms with E-state index < -0.39 is 0 Å². The molecule has 1 aromatic carbocycles. The Bertz CT molecular complexity index is 473. The number of carbonyl (C=O) groups is 1. The molecule has 110 valence electrons.